The first-order chi connectivity index (χ1) is 17.3. The molecule has 1 fully saturated rings. The lowest BCUT2D eigenvalue weighted by Gasteiger charge is -2.08. The Morgan fingerprint density at radius 3 is 1.97 bits per heavy atom. The van der Waals surface area contributed by atoms with E-state index in [0.29, 0.717) is 0 Å². The number of aryl methyl sites for hydroxylation is 1. The molecule has 186 valence electrons. The Kier molecular flexibility index (Phi) is 10.2. The molecule has 3 heteroatoms. The number of aromatic nitrogens is 2. The largest absolute Gasteiger partial charge is 0.494 e. The predicted octanol–water partition coefficient (Wildman–Crippen LogP) is 9.06. The Hall–Kier alpha value is -2.68. The number of unbranched alkanes of at least 4 members (excludes halogenated alkanes) is 7. The molecular formula is C32H42N2O. The molecule has 1 aromatic heterocycles. The zero-order valence-corrected chi connectivity index (χ0v) is 21.6. The van der Waals surface area contributed by atoms with E-state index in [9.17, 15) is 0 Å². The van der Waals surface area contributed by atoms with Crippen LogP contribution in [0.25, 0.3) is 22.5 Å². The summed E-state index contributed by atoms with van der Waals surface area (Å²) < 4.78 is 5.94. The average Bonchev–Trinajstić information content (AvgIpc) is 3.74. The van der Waals surface area contributed by atoms with Gasteiger partial charge in [-0.25, -0.2) is 9.97 Å². The van der Waals surface area contributed by atoms with Gasteiger partial charge in [0.2, 0.25) is 0 Å². The second-order valence-corrected chi connectivity index (χ2v) is 10.2. The number of ether oxygens (including phenoxy) is 1. The fraction of sp³-hybridized carbons (Fsp3) is 0.500. The first kappa shape index (κ1) is 25.4. The van der Waals surface area contributed by atoms with Crippen molar-refractivity contribution in [2.24, 2.45) is 5.92 Å². The third-order valence-corrected chi connectivity index (χ3v) is 7.08. The summed E-state index contributed by atoms with van der Waals surface area (Å²) in [7, 11) is 0. The van der Waals surface area contributed by atoms with E-state index in [2.05, 4.69) is 65.4 Å². The van der Waals surface area contributed by atoms with Crippen LogP contribution in [0.3, 0.4) is 0 Å². The standard InChI is InChI=1S/C32H42N2O/c1-2-3-4-5-6-8-12-27-24-33-32(34-25-27)30-17-15-28(16-18-30)29-19-21-31(22-20-29)35-23-10-7-9-11-26-13-14-26/h15-22,24-26H,2-14,23H2,1H3. The molecule has 0 aliphatic heterocycles. The van der Waals surface area contributed by atoms with Crippen LogP contribution in [-0.2, 0) is 6.42 Å². The van der Waals surface area contributed by atoms with E-state index in [4.69, 9.17) is 4.74 Å². The van der Waals surface area contributed by atoms with Crippen LogP contribution in [0.1, 0.15) is 89.5 Å². The third kappa shape index (κ3) is 8.80. The maximum Gasteiger partial charge on any atom is 0.159 e. The smallest absolute Gasteiger partial charge is 0.159 e. The van der Waals surface area contributed by atoms with Crippen LogP contribution in [0.2, 0.25) is 0 Å². The molecule has 1 aliphatic carbocycles. The summed E-state index contributed by atoms with van der Waals surface area (Å²) in [6.07, 6.45) is 21.1. The highest BCUT2D eigenvalue weighted by atomic mass is 16.5. The summed E-state index contributed by atoms with van der Waals surface area (Å²) in [6, 6.07) is 17.0. The normalized spacial score (nSPS) is 13.2. The molecule has 3 nitrogen and oxygen atoms in total. The van der Waals surface area contributed by atoms with E-state index in [1.165, 1.54) is 87.3 Å². The van der Waals surface area contributed by atoms with Gasteiger partial charge in [-0.1, -0.05) is 108 Å². The molecule has 0 unspecified atom stereocenters. The summed E-state index contributed by atoms with van der Waals surface area (Å²) in [5.74, 6) is 2.80. The van der Waals surface area contributed by atoms with Crippen LogP contribution in [0.4, 0.5) is 0 Å². The molecule has 35 heavy (non-hydrogen) atoms. The second kappa shape index (κ2) is 14.0. The molecule has 0 N–H and O–H groups in total. The van der Waals surface area contributed by atoms with E-state index in [1.807, 2.05) is 12.4 Å². The topological polar surface area (TPSA) is 35.0 Å². The predicted molar refractivity (Wildman–Crippen MR) is 147 cm³/mol. The number of rotatable bonds is 16. The minimum absolute atomic E-state index is 0.795. The maximum absolute atomic E-state index is 5.94. The first-order valence-electron chi connectivity index (χ1n) is 14.0. The van der Waals surface area contributed by atoms with Crippen molar-refractivity contribution in [1.82, 2.24) is 9.97 Å². The Morgan fingerprint density at radius 2 is 1.29 bits per heavy atom. The molecule has 3 aromatic rings. The highest BCUT2D eigenvalue weighted by Crippen LogP contribution is 2.34. The Balaban J connectivity index is 1.20. The van der Waals surface area contributed by atoms with Gasteiger partial charge in [0.1, 0.15) is 5.75 Å². The number of nitrogens with zero attached hydrogens (tertiary/aromatic N) is 2. The van der Waals surface area contributed by atoms with Crippen molar-refractivity contribution in [3.63, 3.8) is 0 Å². The van der Waals surface area contributed by atoms with Crippen LogP contribution >= 0.6 is 0 Å². The summed E-state index contributed by atoms with van der Waals surface area (Å²) >= 11 is 0. The minimum atomic E-state index is 0.795. The molecule has 1 saturated carbocycles. The average molecular weight is 471 g/mol. The van der Waals surface area contributed by atoms with Crippen molar-refractivity contribution in [1.29, 1.82) is 0 Å². The number of hydrogen-bond donors (Lipinski definition) is 0. The maximum atomic E-state index is 5.94. The molecular weight excluding hydrogens is 428 g/mol. The van der Waals surface area contributed by atoms with E-state index in [-0.39, 0.29) is 0 Å². The summed E-state index contributed by atoms with van der Waals surface area (Å²) in [5, 5.41) is 0. The molecule has 0 amide bonds. The highest BCUT2D eigenvalue weighted by Gasteiger charge is 2.19. The van der Waals surface area contributed by atoms with Crippen molar-refractivity contribution in [3.05, 3.63) is 66.5 Å². The first-order valence-corrected chi connectivity index (χ1v) is 14.0. The third-order valence-electron chi connectivity index (χ3n) is 7.08. The van der Waals surface area contributed by atoms with Crippen molar-refractivity contribution in [3.8, 4) is 28.3 Å². The van der Waals surface area contributed by atoms with Gasteiger partial charge in [-0.05, 0) is 54.0 Å². The van der Waals surface area contributed by atoms with Gasteiger partial charge in [0, 0.05) is 18.0 Å². The molecule has 0 radical (unpaired) electrons. The van der Waals surface area contributed by atoms with Crippen LogP contribution in [0, 0.1) is 5.92 Å². The van der Waals surface area contributed by atoms with Crippen molar-refractivity contribution in [2.45, 2.75) is 90.4 Å². The van der Waals surface area contributed by atoms with Gasteiger partial charge >= 0.3 is 0 Å². The lowest BCUT2D eigenvalue weighted by Crippen LogP contribution is -1.97. The van der Waals surface area contributed by atoms with Gasteiger partial charge in [0.25, 0.3) is 0 Å². The van der Waals surface area contributed by atoms with Gasteiger partial charge in [0.05, 0.1) is 6.61 Å². The zero-order valence-electron chi connectivity index (χ0n) is 21.6. The molecule has 0 spiro atoms. The molecule has 0 atom stereocenters. The van der Waals surface area contributed by atoms with Crippen LogP contribution in [-0.4, -0.2) is 16.6 Å². The number of hydrogen-bond acceptors (Lipinski definition) is 3. The SMILES string of the molecule is CCCCCCCCc1cnc(-c2ccc(-c3ccc(OCCCCCC4CC4)cc3)cc2)nc1. The molecule has 4 rings (SSSR count). The quantitative estimate of drug-likeness (QED) is 0.196. The Labute approximate surface area is 212 Å². The van der Waals surface area contributed by atoms with E-state index < -0.39 is 0 Å². The van der Waals surface area contributed by atoms with Crippen LogP contribution in [0.15, 0.2) is 60.9 Å². The minimum Gasteiger partial charge on any atom is -0.494 e. The fourth-order valence-electron chi connectivity index (χ4n) is 4.61. The summed E-state index contributed by atoms with van der Waals surface area (Å²) in [6.45, 7) is 3.08. The molecule has 0 saturated heterocycles. The summed E-state index contributed by atoms with van der Waals surface area (Å²) in [5.41, 5.74) is 4.69. The zero-order chi connectivity index (χ0) is 24.1. The van der Waals surface area contributed by atoms with E-state index in [1.54, 1.807) is 0 Å². The molecule has 0 bridgehead atoms. The van der Waals surface area contributed by atoms with Crippen molar-refractivity contribution >= 4 is 0 Å². The van der Waals surface area contributed by atoms with E-state index >= 15 is 0 Å². The van der Waals surface area contributed by atoms with Crippen molar-refractivity contribution in [2.75, 3.05) is 6.61 Å². The Bertz CT molecular complexity index is 976. The lowest BCUT2D eigenvalue weighted by atomic mass is 10.0. The lowest BCUT2D eigenvalue weighted by molar-refractivity contribution is 0.304. The van der Waals surface area contributed by atoms with Gasteiger partial charge < -0.3 is 4.74 Å². The fourth-order valence-corrected chi connectivity index (χ4v) is 4.61. The molecule has 2 aromatic carbocycles. The van der Waals surface area contributed by atoms with Crippen LogP contribution < -0.4 is 4.74 Å². The van der Waals surface area contributed by atoms with Gasteiger partial charge in [-0.2, -0.15) is 0 Å². The van der Waals surface area contributed by atoms with Crippen molar-refractivity contribution < 1.29 is 4.74 Å². The molecule has 1 aliphatic rings. The van der Waals surface area contributed by atoms with E-state index in [0.717, 1.165) is 42.5 Å². The second-order valence-electron chi connectivity index (χ2n) is 10.2. The van der Waals surface area contributed by atoms with Gasteiger partial charge in [0.15, 0.2) is 5.82 Å². The Morgan fingerprint density at radius 1 is 0.686 bits per heavy atom. The summed E-state index contributed by atoms with van der Waals surface area (Å²) in [4.78, 5) is 9.24. The van der Waals surface area contributed by atoms with Gasteiger partial charge in [-0.3, -0.25) is 0 Å². The molecule has 1 heterocycles. The van der Waals surface area contributed by atoms with Gasteiger partial charge in [-0.15, -0.1) is 0 Å². The van der Waals surface area contributed by atoms with Crippen LogP contribution in [0.5, 0.6) is 5.75 Å². The highest BCUT2D eigenvalue weighted by molar-refractivity contribution is 5.68. The number of benzene rings is 2. The monoisotopic (exact) mass is 470 g/mol.